The predicted molar refractivity (Wildman–Crippen MR) is 128 cm³/mol. The van der Waals surface area contributed by atoms with E-state index in [-0.39, 0.29) is 11.3 Å². The fraction of sp³-hybridized carbons (Fsp3) is 0. The first-order chi connectivity index (χ1) is 17.4. The van der Waals surface area contributed by atoms with Gasteiger partial charge in [-0.15, -0.1) is 0 Å². The van der Waals surface area contributed by atoms with E-state index in [1.54, 1.807) is 41.6 Å². The highest BCUT2D eigenvalue weighted by Crippen LogP contribution is 2.25. The third-order valence-corrected chi connectivity index (χ3v) is 5.34. The van der Waals surface area contributed by atoms with Gasteiger partial charge in [0.1, 0.15) is 11.6 Å². The second kappa shape index (κ2) is 9.34. The highest BCUT2D eigenvalue weighted by Gasteiger charge is 2.21. The van der Waals surface area contributed by atoms with Crippen molar-refractivity contribution in [2.45, 2.75) is 0 Å². The standard InChI is InChI=1S/C26H16F3N5O2/c27-17-2-1-3-19(10-17)32-26(36)33-23-12-18(28)11-21(24(23)29)25(35)15-4-5-22-16(8-15)9-20(13-31-22)34-7-6-30-14-34/h1-14H,(H2,32,33,36). The predicted octanol–water partition coefficient (Wildman–Crippen LogP) is 5.71. The summed E-state index contributed by atoms with van der Waals surface area (Å²) >= 11 is 0. The summed E-state index contributed by atoms with van der Waals surface area (Å²) in [7, 11) is 0. The van der Waals surface area contributed by atoms with Crippen molar-refractivity contribution >= 4 is 34.1 Å². The lowest BCUT2D eigenvalue weighted by atomic mass is 10.00. The summed E-state index contributed by atoms with van der Waals surface area (Å²) in [6.07, 6.45) is 6.59. The lowest BCUT2D eigenvalue weighted by molar-refractivity contribution is 0.103. The maximum Gasteiger partial charge on any atom is 0.323 e. The van der Waals surface area contributed by atoms with Crippen molar-refractivity contribution in [3.63, 3.8) is 0 Å². The van der Waals surface area contributed by atoms with Crippen LogP contribution in [-0.4, -0.2) is 26.3 Å². The van der Waals surface area contributed by atoms with Crippen molar-refractivity contribution in [2.75, 3.05) is 10.6 Å². The molecule has 2 amide bonds. The quantitative estimate of drug-likeness (QED) is 0.311. The number of ketones is 1. The van der Waals surface area contributed by atoms with Crippen LogP contribution >= 0.6 is 0 Å². The van der Waals surface area contributed by atoms with Gasteiger partial charge in [-0.05, 0) is 48.5 Å². The Labute approximate surface area is 202 Å². The van der Waals surface area contributed by atoms with Crippen LogP contribution < -0.4 is 10.6 Å². The molecule has 10 heteroatoms. The molecule has 2 aromatic heterocycles. The smallest absolute Gasteiger partial charge is 0.308 e. The zero-order chi connectivity index (χ0) is 25.2. The number of nitrogens with one attached hydrogen (secondary N) is 2. The van der Waals surface area contributed by atoms with Crippen LogP contribution in [0.1, 0.15) is 15.9 Å². The van der Waals surface area contributed by atoms with Crippen molar-refractivity contribution in [3.8, 4) is 5.69 Å². The van der Waals surface area contributed by atoms with E-state index in [0.717, 1.165) is 18.2 Å². The van der Waals surface area contributed by atoms with Gasteiger partial charge in [0, 0.05) is 35.1 Å². The average molecular weight is 487 g/mol. The SMILES string of the molecule is O=C(Nc1cccc(F)c1)Nc1cc(F)cc(C(=O)c2ccc3ncc(-n4ccnc4)cc3c2)c1F. The lowest BCUT2D eigenvalue weighted by Crippen LogP contribution is -2.21. The van der Waals surface area contributed by atoms with Crippen LogP contribution in [0.5, 0.6) is 0 Å². The summed E-state index contributed by atoms with van der Waals surface area (Å²) in [5, 5.41) is 5.09. The van der Waals surface area contributed by atoms with Crippen LogP contribution in [-0.2, 0) is 0 Å². The minimum absolute atomic E-state index is 0.103. The number of carbonyl (C=O) groups is 2. The highest BCUT2D eigenvalue weighted by molar-refractivity contribution is 6.11. The van der Waals surface area contributed by atoms with Crippen LogP contribution in [0.3, 0.4) is 0 Å². The van der Waals surface area contributed by atoms with Gasteiger partial charge >= 0.3 is 6.03 Å². The van der Waals surface area contributed by atoms with Crippen molar-refractivity contribution in [2.24, 2.45) is 0 Å². The van der Waals surface area contributed by atoms with Gasteiger partial charge in [0.2, 0.25) is 0 Å². The van der Waals surface area contributed by atoms with E-state index in [0.29, 0.717) is 16.6 Å². The van der Waals surface area contributed by atoms with Crippen LogP contribution in [0.25, 0.3) is 16.6 Å². The first-order valence-corrected chi connectivity index (χ1v) is 10.6. The van der Waals surface area contributed by atoms with Crippen LogP contribution in [0.15, 0.2) is 85.6 Å². The maximum absolute atomic E-state index is 15.2. The molecule has 5 aromatic rings. The maximum atomic E-state index is 15.2. The second-order valence-electron chi connectivity index (χ2n) is 7.80. The zero-order valence-electron chi connectivity index (χ0n) is 18.4. The Morgan fingerprint density at radius 1 is 0.889 bits per heavy atom. The Morgan fingerprint density at radius 2 is 1.75 bits per heavy atom. The zero-order valence-corrected chi connectivity index (χ0v) is 18.4. The van der Waals surface area contributed by atoms with E-state index in [1.165, 1.54) is 30.3 Å². The molecule has 0 aliphatic rings. The summed E-state index contributed by atoms with van der Waals surface area (Å²) in [5.74, 6) is -3.40. The van der Waals surface area contributed by atoms with Crippen molar-refractivity contribution < 1.29 is 22.8 Å². The minimum Gasteiger partial charge on any atom is -0.308 e. The highest BCUT2D eigenvalue weighted by atomic mass is 19.1. The number of hydrogen-bond donors (Lipinski definition) is 2. The van der Waals surface area contributed by atoms with Crippen molar-refractivity contribution in [1.82, 2.24) is 14.5 Å². The molecule has 0 saturated heterocycles. The molecule has 178 valence electrons. The van der Waals surface area contributed by atoms with E-state index in [1.807, 2.05) is 0 Å². The van der Waals surface area contributed by atoms with E-state index >= 15 is 4.39 Å². The molecule has 7 nitrogen and oxygen atoms in total. The molecule has 3 aromatic carbocycles. The number of pyridine rings is 1. The first kappa shape index (κ1) is 22.8. The lowest BCUT2D eigenvalue weighted by Gasteiger charge is -2.12. The third kappa shape index (κ3) is 4.64. The second-order valence-corrected chi connectivity index (χ2v) is 7.80. The third-order valence-electron chi connectivity index (χ3n) is 5.34. The van der Waals surface area contributed by atoms with Gasteiger partial charge in [-0.1, -0.05) is 6.07 Å². The number of imidazole rings is 1. The topological polar surface area (TPSA) is 88.9 Å². The van der Waals surface area contributed by atoms with Gasteiger partial charge in [-0.25, -0.2) is 22.9 Å². The summed E-state index contributed by atoms with van der Waals surface area (Å²) in [4.78, 5) is 33.7. The number of rotatable bonds is 5. The number of nitrogens with zero attached hydrogens (tertiary/aromatic N) is 3. The average Bonchev–Trinajstić information content (AvgIpc) is 3.40. The number of fused-ring (bicyclic) bond motifs is 1. The van der Waals surface area contributed by atoms with Gasteiger partial charge in [-0.2, -0.15) is 0 Å². The molecule has 0 atom stereocenters. The molecule has 2 heterocycles. The summed E-state index contributed by atoms with van der Waals surface area (Å²) in [6, 6.07) is 12.0. The van der Waals surface area contributed by atoms with Gasteiger partial charge in [-0.3, -0.25) is 9.78 Å². The van der Waals surface area contributed by atoms with Gasteiger partial charge in [0.25, 0.3) is 0 Å². The normalized spacial score (nSPS) is 10.9. The fourth-order valence-corrected chi connectivity index (χ4v) is 3.67. The van der Waals surface area contributed by atoms with E-state index in [9.17, 15) is 18.4 Å². The van der Waals surface area contributed by atoms with Crippen LogP contribution in [0, 0.1) is 17.5 Å². The molecule has 36 heavy (non-hydrogen) atoms. The molecule has 0 spiro atoms. The monoisotopic (exact) mass is 487 g/mol. The molecule has 0 fully saturated rings. The Balaban J connectivity index is 1.43. The summed E-state index contributed by atoms with van der Waals surface area (Å²) in [6.45, 7) is 0. The number of halogens is 3. The number of hydrogen-bond acceptors (Lipinski definition) is 4. The first-order valence-electron chi connectivity index (χ1n) is 10.6. The van der Waals surface area contributed by atoms with E-state index in [4.69, 9.17) is 0 Å². The van der Waals surface area contributed by atoms with Crippen LogP contribution in [0.2, 0.25) is 0 Å². The number of benzene rings is 3. The molecule has 0 radical (unpaired) electrons. The van der Waals surface area contributed by atoms with Gasteiger partial charge in [0.15, 0.2) is 11.6 Å². The molecule has 0 aliphatic carbocycles. The molecule has 0 aliphatic heterocycles. The molecular weight excluding hydrogens is 471 g/mol. The Kier molecular flexibility index (Phi) is 5.91. The summed E-state index contributed by atoms with van der Waals surface area (Å²) in [5.41, 5.74) is 0.419. The Bertz CT molecular complexity index is 1620. The number of aromatic nitrogens is 3. The largest absolute Gasteiger partial charge is 0.323 e. The van der Waals surface area contributed by atoms with Crippen molar-refractivity contribution in [3.05, 3.63) is 114 Å². The fourth-order valence-electron chi connectivity index (χ4n) is 3.67. The molecule has 0 bridgehead atoms. The molecular formula is C26H16F3N5O2. The van der Waals surface area contributed by atoms with Crippen molar-refractivity contribution in [1.29, 1.82) is 0 Å². The number of amides is 2. The van der Waals surface area contributed by atoms with Crippen LogP contribution in [0.4, 0.5) is 29.3 Å². The van der Waals surface area contributed by atoms with E-state index < -0.39 is 40.5 Å². The number of urea groups is 1. The van der Waals surface area contributed by atoms with Gasteiger partial charge in [0.05, 0.1) is 35.0 Å². The Morgan fingerprint density at radius 3 is 2.53 bits per heavy atom. The number of anilines is 2. The molecule has 2 N–H and O–H groups in total. The Hall–Kier alpha value is -4.99. The number of carbonyl (C=O) groups excluding carboxylic acids is 2. The molecule has 0 saturated carbocycles. The molecule has 5 rings (SSSR count). The van der Waals surface area contributed by atoms with E-state index in [2.05, 4.69) is 20.6 Å². The summed E-state index contributed by atoms with van der Waals surface area (Å²) < 4.78 is 44.6. The van der Waals surface area contributed by atoms with Gasteiger partial charge < -0.3 is 15.2 Å². The minimum atomic E-state index is -1.11. The molecule has 0 unspecified atom stereocenters.